The fraction of sp³-hybridized carbons (Fsp3) is 0.889. The zero-order valence-corrected chi connectivity index (χ0v) is 8.93. The van der Waals surface area contributed by atoms with Crippen molar-refractivity contribution in [3.8, 4) is 0 Å². The summed E-state index contributed by atoms with van der Waals surface area (Å²) in [6, 6.07) is 0. The van der Waals surface area contributed by atoms with Gasteiger partial charge in [-0.25, -0.2) is 8.42 Å². The topological polar surface area (TPSA) is 51.2 Å². The zero-order valence-electron chi connectivity index (χ0n) is 8.12. The lowest BCUT2D eigenvalue weighted by atomic mass is 9.99. The Kier molecular flexibility index (Phi) is 3.11. The van der Waals surface area contributed by atoms with Gasteiger partial charge < -0.3 is 0 Å². The highest BCUT2D eigenvalue weighted by Crippen LogP contribution is 2.24. The number of rotatable bonds is 2. The van der Waals surface area contributed by atoms with E-state index in [4.69, 9.17) is 0 Å². The van der Waals surface area contributed by atoms with Gasteiger partial charge in [-0.3, -0.25) is 4.79 Å². The van der Waals surface area contributed by atoms with Gasteiger partial charge in [0.15, 0.2) is 9.84 Å². The molecule has 1 aliphatic carbocycles. The highest BCUT2D eigenvalue weighted by atomic mass is 32.2. The van der Waals surface area contributed by atoms with Crippen LogP contribution in [-0.4, -0.2) is 24.7 Å². The molecular weight excluding hydrogens is 188 g/mol. The molecule has 0 saturated heterocycles. The maximum atomic E-state index is 11.7. The zero-order chi connectivity index (χ0) is 10.1. The summed E-state index contributed by atoms with van der Waals surface area (Å²) in [4.78, 5) is 11.1. The molecule has 0 aliphatic heterocycles. The maximum absolute atomic E-state index is 11.7. The van der Waals surface area contributed by atoms with Gasteiger partial charge in [-0.2, -0.15) is 0 Å². The summed E-state index contributed by atoms with van der Waals surface area (Å²) in [6.07, 6.45) is 2.19. The lowest BCUT2D eigenvalue weighted by Crippen LogP contribution is -2.33. The molecule has 4 heteroatoms. The number of carbonyl (C=O) groups is 1. The van der Waals surface area contributed by atoms with Crippen LogP contribution in [0.2, 0.25) is 0 Å². The first kappa shape index (κ1) is 10.7. The molecule has 1 atom stereocenters. The van der Waals surface area contributed by atoms with Gasteiger partial charge in [0.2, 0.25) is 0 Å². The van der Waals surface area contributed by atoms with Gasteiger partial charge in [0.05, 0.1) is 10.5 Å². The maximum Gasteiger partial charge on any atom is 0.155 e. The van der Waals surface area contributed by atoms with Crippen LogP contribution < -0.4 is 0 Å². The second-order valence-electron chi connectivity index (χ2n) is 3.89. The van der Waals surface area contributed by atoms with Crippen LogP contribution >= 0.6 is 0 Å². The Morgan fingerprint density at radius 1 is 1.38 bits per heavy atom. The van der Waals surface area contributed by atoms with E-state index >= 15 is 0 Å². The Hall–Kier alpha value is -0.380. The van der Waals surface area contributed by atoms with Crippen LogP contribution in [0.3, 0.4) is 0 Å². The molecular formula is C9H16O3S. The standard InChI is InChI=1S/C9H16O3S/c1-7(2)13(11,12)9-5-3-4-8(10)6-9/h7,9H,3-6H2,1-2H3. The Labute approximate surface area is 79.4 Å². The normalized spacial score (nSPS) is 25.2. The molecule has 0 heterocycles. The van der Waals surface area contributed by atoms with Crippen LogP contribution in [0.4, 0.5) is 0 Å². The molecule has 1 rings (SSSR count). The molecule has 0 N–H and O–H groups in total. The molecule has 0 radical (unpaired) electrons. The molecule has 13 heavy (non-hydrogen) atoms. The van der Waals surface area contributed by atoms with E-state index in [-0.39, 0.29) is 17.5 Å². The molecule has 0 aromatic carbocycles. The molecule has 1 aliphatic rings. The fourth-order valence-corrected chi connectivity index (χ4v) is 3.33. The first-order chi connectivity index (χ1) is 5.94. The van der Waals surface area contributed by atoms with E-state index < -0.39 is 15.1 Å². The van der Waals surface area contributed by atoms with E-state index in [1.165, 1.54) is 0 Å². The molecule has 76 valence electrons. The quantitative estimate of drug-likeness (QED) is 0.681. The van der Waals surface area contributed by atoms with E-state index in [1.54, 1.807) is 13.8 Å². The first-order valence-electron chi connectivity index (χ1n) is 4.69. The van der Waals surface area contributed by atoms with Crippen LogP contribution in [0.15, 0.2) is 0 Å². The number of ketones is 1. The molecule has 1 fully saturated rings. The van der Waals surface area contributed by atoms with E-state index in [1.807, 2.05) is 0 Å². The van der Waals surface area contributed by atoms with Gasteiger partial charge >= 0.3 is 0 Å². The van der Waals surface area contributed by atoms with Gasteiger partial charge in [0.1, 0.15) is 5.78 Å². The Balaban J connectivity index is 2.77. The second kappa shape index (κ2) is 3.78. The van der Waals surface area contributed by atoms with Crippen LogP contribution in [0.25, 0.3) is 0 Å². The lowest BCUT2D eigenvalue weighted by molar-refractivity contribution is -0.120. The summed E-state index contributed by atoms with van der Waals surface area (Å²) in [6.45, 7) is 3.35. The summed E-state index contributed by atoms with van der Waals surface area (Å²) in [5, 5.41) is -0.767. The summed E-state index contributed by atoms with van der Waals surface area (Å²) in [5.74, 6) is 0.0977. The predicted octanol–water partition coefficient (Wildman–Crippen LogP) is 1.32. The highest BCUT2D eigenvalue weighted by molar-refractivity contribution is 7.92. The summed E-state index contributed by atoms with van der Waals surface area (Å²) in [5.41, 5.74) is 0. The Morgan fingerprint density at radius 3 is 2.46 bits per heavy atom. The Bertz CT molecular complexity index is 290. The summed E-state index contributed by atoms with van der Waals surface area (Å²) < 4.78 is 23.4. The van der Waals surface area contributed by atoms with Crippen molar-refractivity contribution < 1.29 is 13.2 Å². The number of sulfone groups is 1. The van der Waals surface area contributed by atoms with Crippen LogP contribution in [-0.2, 0) is 14.6 Å². The van der Waals surface area contributed by atoms with Gasteiger partial charge in [-0.15, -0.1) is 0 Å². The third kappa shape index (κ3) is 2.30. The van der Waals surface area contributed by atoms with Crippen LogP contribution in [0.5, 0.6) is 0 Å². The SMILES string of the molecule is CC(C)S(=O)(=O)C1CCCC(=O)C1. The smallest absolute Gasteiger partial charge is 0.155 e. The predicted molar refractivity (Wildman–Crippen MR) is 51.3 cm³/mol. The third-order valence-corrected chi connectivity index (χ3v) is 5.20. The minimum Gasteiger partial charge on any atom is -0.300 e. The minimum absolute atomic E-state index is 0.0977. The van der Waals surface area contributed by atoms with Crippen molar-refractivity contribution in [3.05, 3.63) is 0 Å². The average Bonchev–Trinajstić information content (AvgIpc) is 2.04. The molecule has 1 unspecified atom stereocenters. The summed E-state index contributed by atoms with van der Waals surface area (Å²) in [7, 11) is -3.05. The molecule has 0 spiro atoms. The molecule has 0 aromatic heterocycles. The van der Waals surface area contributed by atoms with Crippen molar-refractivity contribution >= 4 is 15.6 Å². The van der Waals surface area contributed by atoms with Crippen LogP contribution in [0.1, 0.15) is 39.5 Å². The van der Waals surface area contributed by atoms with Gasteiger partial charge in [0.25, 0.3) is 0 Å². The van der Waals surface area contributed by atoms with E-state index in [0.717, 1.165) is 6.42 Å². The van der Waals surface area contributed by atoms with Crippen molar-refractivity contribution in [2.75, 3.05) is 0 Å². The monoisotopic (exact) mass is 204 g/mol. The third-order valence-electron chi connectivity index (χ3n) is 2.56. The van der Waals surface area contributed by atoms with Crippen LogP contribution in [0, 0.1) is 0 Å². The van der Waals surface area contributed by atoms with E-state index in [2.05, 4.69) is 0 Å². The van der Waals surface area contributed by atoms with Crippen molar-refractivity contribution in [1.82, 2.24) is 0 Å². The fourth-order valence-electron chi connectivity index (χ4n) is 1.65. The highest BCUT2D eigenvalue weighted by Gasteiger charge is 2.32. The molecule has 3 nitrogen and oxygen atoms in total. The average molecular weight is 204 g/mol. The van der Waals surface area contributed by atoms with Crippen molar-refractivity contribution in [1.29, 1.82) is 0 Å². The van der Waals surface area contributed by atoms with Gasteiger partial charge in [-0.1, -0.05) is 0 Å². The number of Topliss-reactive ketones (excluding diaryl/α,β-unsaturated/α-hetero) is 1. The van der Waals surface area contributed by atoms with E-state index in [0.29, 0.717) is 12.8 Å². The number of hydrogen-bond acceptors (Lipinski definition) is 3. The molecule has 1 saturated carbocycles. The largest absolute Gasteiger partial charge is 0.300 e. The van der Waals surface area contributed by atoms with Crippen molar-refractivity contribution in [2.45, 2.75) is 50.0 Å². The summed E-state index contributed by atoms with van der Waals surface area (Å²) >= 11 is 0. The minimum atomic E-state index is -3.05. The lowest BCUT2D eigenvalue weighted by Gasteiger charge is -2.22. The number of hydrogen-bond donors (Lipinski definition) is 0. The first-order valence-corrected chi connectivity index (χ1v) is 6.30. The molecule has 0 aromatic rings. The van der Waals surface area contributed by atoms with Gasteiger partial charge in [0, 0.05) is 12.8 Å². The van der Waals surface area contributed by atoms with Crippen molar-refractivity contribution in [3.63, 3.8) is 0 Å². The van der Waals surface area contributed by atoms with Gasteiger partial charge in [-0.05, 0) is 26.7 Å². The van der Waals surface area contributed by atoms with E-state index in [9.17, 15) is 13.2 Å². The van der Waals surface area contributed by atoms with Crippen molar-refractivity contribution in [2.24, 2.45) is 0 Å². The molecule has 0 amide bonds. The second-order valence-corrected chi connectivity index (χ2v) is 6.68. The molecule has 0 bridgehead atoms. The number of carbonyl (C=O) groups excluding carboxylic acids is 1. The Morgan fingerprint density at radius 2 is 2.00 bits per heavy atom.